The summed E-state index contributed by atoms with van der Waals surface area (Å²) in [6.07, 6.45) is -2.56. The molecule has 2 rings (SSSR count). The quantitative estimate of drug-likeness (QED) is 0.734. The van der Waals surface area contributed by atoms with E-state index in [1.165, 1.54) is 4.90 Å². The van der Waals surface area contributed by atoms with E-state index in [2.05, 4.69) is 0 Å². The lowest BCUT2D eigenvalue weighted by atomic mass is 9.89. The third-order valence-electron chi connectivity index (χ3n) is 3.67. The summed E-state index contributed by atoms with van der Waals surface area (Å²) in [5.74, 6) is -0.270. The lowest BCUT2D eigenvalue weighted by Gasteiger charge is -2.38. The highest BCUT2D eigenvalue weighted by atomic mass is 19.4. The minimum absolute atomic E-state index is 0.0204. The van der Waals surface area contributed by atoms with Crippen molar-refractivity contribution in [3.63, 3.8) is 0 Å². The van der Waals surface area contributed by atoms with Crippen molar-refractivity contribution < 1.29 is 22.7 Å². The van der Waals surface area contributed by atoms with Crippen LogP contribution in [0.4, 0.5) is 13.2 Å². The first-order chi connectivity index (χ1) is 8.83. The molecular weight excluding hydrogens is 261 g/mol. The molecule has 0 unspecified atom stereocenters. The molecule has 1 amide bonds. The molecule has 2 aliphatic rings. The Bertz CT molecular complexity index is 387. The molecule has 0 saturated carbocycles. The fraction of sp³-hybridized carbons (Fsp3) is 0.750. The summed E-state index contributed by atoms with van der Waals surface area (Å²) in [7, 11) is 0. The second-order valence-electron chi connectivity index (χ2n) is 5.00. The van der Waals surface area contributed by atoms with E-state index in [4.69, 9.17) is 10.5 Å². The molecule has 0 spiro atoms. The Hall–Kier alpha value is -1.08. The van der Waals surface area contributed by atoms with E-state index in [1.54, 1.807) is 0 Å². The maximum absolute atomic E-state index is 12.5. The van der Waals surface area contributed by atoms with Gasteiger partial charge in [-0.15, -0.1) is 0 Å². The highest BCUT2D eigenvalue weighted by Crippen LogP contribution is 2.31. The Kier molecular flexibility index (Phi) is 3.87. The number of nitrogens with zero attached hydrogens (tertiary/aromatic N) is 1. The van der Waals surface area contributed by atoms with Gasteiger partial charge in [-0.3, -0.25) is 4.79 Å². The Labute approximate surface area is 109 Å². The maximum atomic E-state index is 12.5. The second-order valence-corrected chi connectivity index (χ2v) is 5.00. The SMILES string of the molecule is NC1(C(=O)N2CC=C(C(F)(F)F)CC2)CCOCC1. The molecule has 2 N–H and O–H groups in total. The molecule has 0 atom stereocenters. The molecule has 2 aliphatic heterocycles. The second kappa shape index (κ2) is 5.13. The Morgan fingerprint density at radius 3 is 2.47 bits per heavy atom. The van der Waals surface area contributed by atoms with Gasteiger partial charge in [0.05, 0.1) is 5.54 Å². The number of amides is 1. The summed E-state index contributed by atoms with van der Waals surface area (Å²) in [4.78, 5) is 13.7. The highest BCUT2D eigenvalue weighted by Gasteiger charge is 2.41. The standard InChI is InChI=1S/C12H17F3N2O2/c13-12(14,15)9-1-5-17(6-2-9)10(18)11(16)3-7-19-8-4-11/h1H,2-8,16H2. The maximum Gasteiger partial charge on any atom is 0.412 e. The molecule has 108 valence electrons. The summed E-state index contributed by atoms with van der Waals surface area (Å²) in [6, 6.07) is 0. The van der Waals surface area contributed by atoms with E-state index < -0.39 is 17.3 Å². The number of hydrogen-bond acceptors (Lipinski definition) is 3. The van der Waals surface area contributed by atoms with Crippen molar-refractivity contribution in [1.82, 2.24) is 4.90 Å². The number of alkyl halides is 3. The average molecular weight is 278 g/mol. The van der Waals surface area contributed by atoms with Gasteiger partial charge >= 0.3 is 6.18 Å². The van der Waals surface area contributed by atoms with Crippen LogP contribution in [-0.2, 0) is 9.53 Å². The van der Waals surface area contributed by atoms with Crippen LogP contribution < -0.4 is 5.73 Å². The molecule has 2 heterocycles. The molecule has 7 heteroatoms. The molecule has 1 fully saturated rings. The van der Waals surface area contributed by atoms with Crippen molar-refractivity contribution in [1.29, 1.82) is 0 Å². The van der Waals surface area contributed by atoms with Crippen molar-refractivity contribution >= 4 is 5.91 Å². The number of carbonyl (C=O) groups is 1. The Morgan fingerprint density at radius 2 is 2.00 bits per heavy atom. The monoisotopic (exact) mass is 278 g/mol. The number of rotatable bonds is 1. The molecule has 0 bridgehead atoms. The van der Waals surface area contributed by atoms with Crippen molar-refractivity contribution in [2.75, 3.05) is 26.3 Å². The molecule has 0 aromatic carbocycles. The van der Waals surface area contributed by atoms with Gasteiger partial charge in [-0.2, -0.15) is 13.2 Å². The minimum atomic E-state index is -4.30. The summed E-state index contributed by atoms with van der Waals surface area (Å²) < 4.78 is 42.6. The van der Waals surface area contributed by atoms with Gasteiger partial charge in [-0.05, 0) is 19.3 Å². The van der Waals surface area contributed by atoms with Crippen LogP contribution >= 0.6 is 0 Å². The zero-order chi connectivity index (χ0) is 14.1. The number of halogens is 3. The third kappa shape index (κ3) is 3.09. The molecule has 1 saturated heterocycles. The van der Waals surface area contributed by atoms with Crippen molar-refractivity contribution in [3.05, 3.63) is 11.6 Å². The largest absolute Gasteiger partial charge is 0.412 e. The number of hydrogen-bond donors (Lipinski definition) is 1. The fourth-order valence-electron chi connectivity index (χ4n) is 2.38. The van der Waals surface area contributed by atoms with E-state index in [9.17, 15) is 18.0 Å². The summed E-state index contributed by atoms with van der Waals surface area (Å²) in [5.41, 5.74) is 4.49. The van der Waals surface area contributed by atoms with E-state index in [1.807, 2.05) is 0 Å². The normalized spacial score (nSPS) is 24.0. The minimum Gasteiger partial charge on any atom is -0.381 e. The van der Waals surface area contributed by atoms with Crippen LogP contribution in [0.5, 0.6) is 0 Å². The van der Waals surface area contributed by atoms with E-state index >= 15 is 0 Å². The zero-order valence-electron chi connectivity index (χ0n) is 10.5. The Balaban J connectivity index is 2.01. The first-order valence-corrected chi connectivity index (χ1v) is 6.25. The van der Waals surface area contributed by atoms with Crippen LogP contribution in [0.1, 0.15) is 19.3 Å². The molecule has 0 aromatic heterocycles. The van der Waals surface area contributed by atoms with Crippen LogP contribution in [0.25, 0.3) is 0 Å². The summed E-state index contributed by atoms with van der Waals surface area (Å²) >= 11 is 0. The average Bonchev–Trinajstić information content (AvgIpc) is 2.38. The number of carbonyl (C=O) groups excluding carboxylic acids is 1. The lowest BCUT2D eigenvalue weighted by molar-refractivity contribution is -0.141. The van der Waals surface area contributed by atoms with Gasteiger partial charge in [0.1, 0.15) is 0 Å². The van der Waals surface area contributed by atoms with Crippen molar-refractivity contribution in [2.45, 2.75) is 31.0 Å². The van der Waals surface area contributed by atoms with Crippen molar-refractivity contribution in [3.8, 4) is 0 Å². The molecule has 4 nitrogen and oxygen atoms in total. The van der Waals surface area contributed by atoms with Gasteiger partial charge in [0.25, 0.3) is 0 Å². The van der Waals surface area contributed by atoms with Gasteiger partial charge in [0.15, 0.2) is 0 Å². The molecule has 0 aliphatic carbocycles. The number of nitrogens with two attached hydrogens (primary N) is 1. The van der Waals surface area contributed by atoms with Gasteiger partial charge in [0.2, 0.25) is 5.91 Å². The topological polar surface area (TPSA) is 55.6 Å². The predicted molar refractivity (Wildman–Crippen MR) is 62.3 cm³/mol. The van der Waals surface area contributed by atoms with E-state index in [-0.39, 0.29) is 25.4 Å². The zero-order valence-corrected chi connectivity index (χ0v) is 10.5. The smallest absolute Gasteiger partial charge is 0.381 e. The van der Waals surface area contributed by atoms with Crippen LogP contribution in [-0.4, -0.2) is 48.8 Å². The van der Waals surface area contributed by atoms with Gasteiger partial charge < -0.3 is 15.4 Å². The third-order valence-corrected chi connectivity index (χ3v) is 3.67. The summed E-state index contributed by atoms with van der Waals surface area (Å²) in [5, 5.41) is 0. The highest BCUT2D eigenvalue weighted by molar-refractivity contribution is 5.86. The van der Waals surface area contributed by atoms with Gasteiger partial charge in [0, 0.05) is 31.9 Å². The van der Waals surface area contributed by atoms with Crippen LogP contribution in [0.2, 0.25) is 0 Å². The van der Waals surface area contributed by atoms with Crippen LogP contribution in [0.15, 0.2) is 11.6 Å². The van der Waals surface area contributed by atoms with Crippen LogP contribution in [0.3, 0.4) is 0 Å². The first-order valence-electron chi connectivity index (χ1n) is 6.25. The van der Waals surface area contributed by atoms with Crippen molar-refractivity contribution in [2.24, 2.45) is 5.73 Å². The lowest BCUT2D eigenvalue weighted by Crippen LogP contribution is -2.58. The van der Waals surface area contributed by atoms with E-state index in [0.29, 0.717) is 26.1 Å². The van der Waals surface area contributed by atoms with Crippen LogP contribution in [0, 0.1) is 0 Å². The molecule has 0 radical (unpaired) electrons. The first kappa shape index (κ1) is 14.3. The number of ether oxygens (including phenoxy) is 1. The molecule has 0 aromatic rings. The molecular formula is C12H17F3N2O2. The fourth-order valence-corrected chi connectivity index (χ4v) is 2.38. The van der Waals surface area contributed by atoms with Gasteiger partial charge in [-0.25, -0.2) is 0 Å². The predicted octanol–water partition coefficient (Wildman–Crippen LogP) is 1.22. The van der Waals surface area contributed by atoms with E-state index in [0.717, 1.165) is 6.08 Å². The Morgan fingerprint density at radius 1 is 1.37 bits per heavy atom. The van der Waals surface area contributed by atoms with Gasteiger partial charge in [-0.1, -0.05) is 6.08 Å². The molecule has 19 heavy (non-hydrogen) atoms. The summed E-state index contributed by atoms with van der Waals surface area (Å²) in [6.45, 7) is 0.886.